The van der Waals surface area contributed by atoms with Gasteiger partial charge in [0.1, 0.15) is 0 Å². The third kappa shape index (κ3) is 2.43. The number of H-pyrrole nitrogens is 1. The lowest BCUT2D eigenvalue weighted by molar-refractivity contribution is 0.907. The Morgan fingerprint density at radius 1 is 1.12 bits per heavy atom. The van der Waals surface area contributed by atoms with Crippen molar-refractivity contribution in [3.8, 4) is 6.07 Å². The maximum Gasteiger partial charge on any atom is 0.247 e. The van der Waals surface area contributed by atoms with Crippen molar-refractivity contribution in [3.05, 3.63) is 69.6 Å². The molecule has 1 N–H and O–H groups in total. The summed E-state index contributed by atoms with van der Waals surface area (Å²) in [4.78, 5) is 13.6. The Morgan fingerprint density at radius 2 is 1.76 bits per heavy atom. The second kappa shape index (κ2) is 4.67. The van der Waals surface area contributed by atoms with E-state index in [0.29, 0.717) is 5.56 Å². The molecular weight excluding hydrogens is 212 g/mol. The molecule has 1 atom stereocenters. The van der Waals surface area contributed by atoms with E-state index in [0.717, 1.165) is 11.1 Å². The van der Waals surface area contributed by atoms with Gasteiger partial charge in [-0.1, -0.05) is 25.1 Å². The maximum absolute atomic E-state index is 11.0. The minimum absolute atomic E-state index is 0.0965. The van der Waals surface area contributed by atoms with Crippen LogP contribution in [0.3, 0.4) is 0 Å². The summed E-state index contributed by atoms with van der Waals surface area (Å²) in [6.45, 7) is 2.06. The molecule has 0 saturated carbocycles. The van der Waals surface area contributed by atoms with E-state index in [-0.39, 0.29) is 11.5 Å². The van der Waals surface area contributed by atoms with Crippen LogP contribution < -0.4 is 5.56 Å². The van der Waals surface area contributed by atoms with Crippen molar-refractivity contribution in [2.45, 2.75) is 12.8 Å². The smallest absolute Gasteiger partial charge is 0.247 e. The number of nitriles is 1. The zero-order valence-electron chi connectivity index (χ0n) is 9.47. The Morgan fingerprint density at radius 3 is 2.29 bits per heavy atom. The van der Waals surface area contributed by atoms with Crippen molar-refractivity contribution < 1.29 is 0 Å². The van der Waals surface area contributed by atoms with Crippen LogP contribution in [0.5, 0.6) is 0 Å². The summed E-state index contributed by atoms with van der Waals surface area (Å²) in [5.74, 6) is 0.194. The van der Waals surface area contributed by atoms with Gasteiger partial charge in [-0.2, -0.15) is 5.26 Å². The molecule has 0 saturated heterocycles. The SMILES string of the molecule is CC(c1ccc(C#N)cc1)c1ccc(=O)[nH]c1. The van der Waals surface area contributed by atoms with E-state index in [1.807, 2.05) is 18.2 Å². The predicted octanol–water partition coefficient (Wildman–Crippen LogP) is 2.40. The number of aromatic amines is 1. The molecule has 84 valence electrons. The van der Waals surface area contributed by atoms with Gasteiger partial charge in [0.05, 0.1) is 11.6 Å². The van der Waals surface area contributed by atoms with Gasteiger partial charge < -0.3 is 4.98 Å². The maximum atomic E-state index is 11.0. The molecule has 0 aliphatic carbocycles. The highest BCUT2D eigenvalue weighted by molar-refractivity contribution is 5.36. The van der Waals surface area contributed by atoms with Crippen molar-refractivity contribution in [2.24, 2.45) is 0 Å². The van der Waals surface area contributed by atoms with Gasteiger partial charge in [0.25, 0.3) is 0 Å². The third-order valence-electron chi connectivity index (χ3n) is 2.85. The molecule has 1 aromatic carbocycles. The van der Waals surface area contributed by atoms with Gasteiger partial charge in [-0.15, -0.1) is 0 Å². The molecule has 2 aromatic rings. The summed E-state index contributed by atoms with van der Waals surface area (Å²) in [5, 5.41) is 8.72. The molecule has 1 unspecified atom stereocenters. The van der Waals surface area contributed by atoms with Crippen LogP contribution in [0.25, 0.3) is 0 Å². The highest BCUT2D eigenvalue weighted by atomic mass is 16.1. The standard InChI is InChI=1S/C14H12N2O/c1-10(13-6-7-14(17)16-9-13)12-4-2-11(8-15)3-5-12/h2-7,9-10H,1H3,(H,16,17). The molecule has 1 heterocycles. The lowest BCUT2D eigenvalue weighted by Gasteiger charge is -2.11. The van der Waals surface area contributed by atoms with Crippen LogP contribution in [0, 0.1) is 11.3 Å². The van der Waals surface area contributed by atoms with E-state index in [9.17, 15) is 4.79 Å². The summed E-state index contributed by atoms with van der Waals surface area (Å²) in [5.41, 5.74) is 2.73. The lowest BCUT2D eigenvalue weighted by atomic mass is 9.94. The quantitative estimate of drug-likeness (QED) is 0.851. The lowest BCUT2D eigenvalue weighted by Crippen LogP contribution is -2.05. The van der Waals surface area contributed by atoms with E-state index in [1.165, 1.54) is 6.07 Å². The highest BCUT2D eigenvalue weighted by Gasteiger charge is 2.08. The molecule has 0 amide bonds. The molecule has 3 heteroatoms. The van der Waals surface area contributed by atoms with Crippen LogP contribution in [-0.2, 0) is 0 Å². The van der Waals surface area contributed by atoms with Crippen molar-refractivity contribution >= 4 is 0 Å². The van der Waals surface area contributed by atoms with Crippen LogP contribution in [0.1, 0.15) is 29.5 Å². The highest BCUT2D eigenvalue weighted by Crippen LogP contribution is 2.22. The molecule has 0 aliphatic rings. The number of pyridine rings is 1. The number of hydrogen-bond donors (Lipinski definition) is 1. The number of benzene rings is 1. The molecule has 0 bridgehead atoms. The van der Waals surface area contributed by atoms with Gasteiger partial charge >= 0.3 is 0 Å². The monoisotopic (exact) mass is 224 g/mol. The Hall–Kier alpha value is -2.34. The number of rotatable bonds is 2. The molecular formula is C14H12N2O. The fraction of sp³-hybridized carbons (Fsp3) is 0.143. The molecule has 0 radical (unpaired) electrons. The number of aromatic nitrogens is 1. The Balaban J connectivity index is 2.30. The van der Waals surface area contributed by atoms with Crippen LogP contribution in [-0.4, -0.2) is 4.98 Å². The Labute approximate surface area is 99.4 Å². The van der Waals surface area contributed by atoms with Gasteiger partial charge in [0.2, 0.25) is 5.56 Å². The number of hydrogen-bond acceptors (Lipinski definition) is 2. The number of nitrogens with zero attached hydrogens (tertiary/aromatic N) is 1. The second-order valence-electron chi connectivity index (χ2n) is 3.94. The third-order valence-corrected chi connectivity index (χ3v) is 2.85. The average molecular weight is 224 g/mol. The summed E-state index contributed by atoms with van der Waals surface area (Å²) >= 11 is 0. The Kier molecular flexibility index (Phi) is 3.06. The first kappa shape index (κ1) is 11.2. The van der Waals surface area contributed by atoms with Crippen LogP contribution >= 0.6 is 0 Å². The first-order valence-electron chi connectivity index (χ1n) is 5.39. The second-order valence-corrected chi connectivity index (χ2v) is 3.94. The van der Waals surface area contributed by atoms with Gasteiger partial charge in [0, 0.05) is 18.2 Å². The van der Waals surface area contributed by atoms with Crippen LogP contribution in [0.4, 0.5) is 0 Å². The van der Waals surface area contributed by atoms with Crippen molar-refractivity contribution in [2.75, 3.05) is 0 Å². The van der Waals surface area contributed by atoms with Crippen molar-refractivity contribution in [1.29, 1.82) is 5.26 Å². The summed E-state index contributed by atoms with van der Waals surface area (Å²) in [6.07, 6.45) is 1.73. The zero-order chi connectivity index (χ0) is 12.3. The fourth-order valence-electron chi connectivity index (χ4n) is 1.73. The zero-order valence-corrected chi connectivity index (χ0v) is 9.47. The Bertz CT molecular complexity index is 585. The van der Waals surface area contributed by atoms with Crippen molar-refractivity contribution in [1.82, 2.24) is 4.98 Å². The molecule has 1 aromatic heterocycles. The minimum atomic E-state index is -0.0965. The molecule has 2 rings (SSSR count). The summed E-state index contributed by atoms with van der Waals surface area (Å²) in [6, 6.07) is 12.9. The van der Waals surface area contributed by atoms with Gasteiger partial charge in [-0.05, 0) is 23.3 Å². The molecule has 0 fully saturated rings. The minimum Gasteiger partial charge on any atom is -0.329 e. The largest absolute Gasteiger partial charge is 0.329 e. The first-order chi connectivity index (χ1) is 8.20. The molecule has 0 spiro atoms. The first-order valence-corrected chi connectivity index (χ1v) is 5.39. The average Bonchev–Trinajstić information content (AvgIpc) is 2.39. The van der Waals surface area contributed by atoms with Crippen molar-refractivity contribution in [3.63, 3.8) is 0 Å². The van der Waals surface area contributed by atoms with E-state index in [4.69, 9.17) is 5.26 Å². The van der Waals surface area contributed by atoms with E-state index in [2.05, 4.69) is 18.0 Å². The van der Waals surface area contributed by atoms with E-state index in [1.54, 1.807) is 18.3 Å². The van der Waals surface area contributed by atoms with E-state index >= 15 is 0 Å². The van der Waals surface area contributed by atoms with Gasteiger partial charge in [-0.25, -0.2) is 0 Å². The summed E-state index contributed by atoms with van der Waals surface area (Å²) < 4.78 is 0. The number of nitrogens with one attached hydrogen (secondary N) is 1. The molecule has 3 nitrogen and oxygen atoms in total. The van der Waals surface area contributed by atoms with Gasteiger partial charge in [0.15, 0.2) is 0 Å². The van der Waals surface area contributed by atoms with Crippen LogP contribution in [0.2, 0.25) is 0 Å². The topological polar surface area (TPSA) is 56.6 Å². The molecule has 0 aliphatic heterocycles. The van der Waals surface area contributed by atoms with E-state index < -0.39 is 0 Å². The predicted molar refractivity (Wildman–Crippen MR) is 65.7 cm³/mol. The summed E-state index contributed by atoms with van der Waals surface area (Å²) in [7, 11) is 0. The fourth-order valence-corrected chi connectivity index (χ4v) is 1.73. The molecule has 17 heavy (non-hydrogen) atoms. The normalized spacial score (nSPS) is 11.8. The van der Waals surface area contributed by atoms with Gasteiger partial charge in [-0.3, -0.25) is 4.79 Å². The van der Waals surface area contributed by atoms with Crippen LogP contribution in [0.15, 0.2) is 47.4 Å².